The van der Waals surface area contributed by atoms with Gasteiger partial charge in [-0.1, -0.05) is 48.2 Å². The lowest BCUT2D eigenvalue weighted by molar-refractivity contribution is 0.512. The molecule has 0 bridgehead atoms. The van der Waals surface area contributed by atoms with Gasteiger partial charge in [-0.05, 0) is 63.8 Å². The van der Waals surface area contributed by atoms with Gasteiger partial charge in [0.15, 0.2) is 0 Å². The van der Waals surface area contributed by atoms with Crippen molar-refractivity contribution in [2.75, 3.05) is 0 Å². The van der Waals surface area contributed by atoms with Gasteiger partial charge in [0.1, 0.15) is 0 Å². The van der Waals surface area contributed by atoms with Crippen LogP contribution < -0.4 is 11.5 Å². The van der Waals surface area contributed by atoms with Crippen LogP contribution >= 0.6 is 11.8 Å². The van der Waals surface area contributed by atoms with Crippen LogP contribution in [0, 0.1) is 0 Å². The molecule has 2 rings (SSSR count). The van der Waals surface area contributed by atoms with E-state index in [1.165, 1.54) is 20.9 Å². The van der Waals surface area contributed by atoms with Crippen molar-refractivity contribution in [3.8, 4) is 0 Å². The van der Waals surface area contributed by atoms with Crippen LogP contribution in [-0.4, -0.2) is 11.1 Å². The van der Waals surface area contributed by atoms with Crippen LogP contribution in [-0.2, 0) is 12.8 Å². The van der Waals surface area contributed by atoms with Crippen molar-refractivity contribution in [2.45, 2.75) is 61.4 Å². The molecule has 0 aliphatic rings. The molecule has 0 atom stereocenters. The summed E-state index contributed by atoms with van der Waals surface area (Å²) >= 11 is 1.81. The first-order valence-corrected chi connectivity index (χ1v) is 8.87. The summed E-state index contributed by atoms with van der Waals surface area (Å²) < 4.78 is 0. The van der Waals surface area contributed by atoms with E-state index in [0.29, 0.717) is 0 Å². The van der Waals surface area contributed by atoms with Crippen molar-refractivity contribution in [3.05, 3.63) is 59.7 Å². The molecule has 0 spiro atoms. The number of nitrogens with two attached hydrogens (primary N) is 2. The zero-order valence-corrected chi connectivity index (χ0v) is 15.4. The maximum absolute atomic E-state index is 6.22. The lowest BCUT2D eigenvalue weighted by atomic mass is 9.96. The fourth-order valence-electron chi connectivity index (χ4n) is 2.60. The molecule has 0 saturated carbocycles. The first-order chi connectivity index (χ1) is 10.6. The molecule has 0 aliphatic carbocycles. The Labute approximate surface area is 144 Å². The van der Waals surface area contributed by atoms with E-state index in [1.807, 2.05) is 11.8 Å². The van der Waals surface area contributed by atoms with Crippen LogP contribution in [0.5, 0.6) is 0 Å². The standard InChI is InChI=1S/C20H28N2S/c1-19(2,21)13-15-9-5-7-11-17(15)23-18-12-8-6-10-16(18)14-20(3,4)22/h5-12H,13-14,21-22H2,1-4H3. The second kappa shape index (κ2) is 7.08. The summed E-state index contributed by atoms with van der Waals surface area (Å²) in [5.74, 6) is 0. The fourth-order valence-corrected chi connectivity index (χ4v) is 3.67. The molecule has 0 heterocycles. The molecule has 0 aliphatic heterocycles. The van der Waals surface area contributed by atoms with Crippen molar-refractivity contribution in [1.82, 2.24) is 0 Å². The quantitative estimate of drug-likeness (QED) is 0.826. The number of rotatable bonds is 6. The molecule has 23 heavy (non-hydrogen) atoms. The summed E-state index contributed by atoms with van der Waals surface area (Å²) in [5.41, 5.74) is 14.6. The van der Waals surface area contributed by atoms with Crippen LogP contribution in [0.4, 0.5) is 0 Å². The lowest BCUT2D eigenvalue weighted by Gasteiger charge is -2.22. The maximum atomic E-state index is 6.22. The highest BCUT2D eigenvalue weighted by Crippen LogP contribution is 2.34. The first-order valence-electron chi connectivity index (χ1n) is 8.05. The van der Waals surface area contributed by atoms with Crippen molar-refractivity contribution >= 4 is 11.8 Å². The topological polar surface area (TPSA) is 52.0 Å². The molecule has 2 aromatic carbocycles. The van der Waals surface area contributed by atoms with Gasteiger partial charge in [0.05, 0.1) is 0 Å². The summed E-state index contributed by atoms with van der Waals surface area (Å²) in [5, 5.41) is 0. The van der Waals surface area contributed by atoms with E-state index in [1.54, 1.807) is 0 Å². The van der Waals surface area contributed by atoms with E-state index >= 15 is 0 Å². The third kappa shape index (κ3) is 6.02. The van der Waals surface area contributed by atoms with Gasteiger partial charge in [-0.15, -0.1) is 0 Å². The molecule has 0 fully saturated rings. The summed E-state index contributed by atoms with van der Waals surface area (Å²) in [7, 11) is 0. The average Bonchev–Trinajstić information content (AvgIpc) is 2.40. The number of hydrogen-bond acceptors (Lipinski definition) is 3. The second-order valence-electron chi connectivity index (χ2n) is 7.65. The molecule has 0 radical (unpaired) electrons. The van der Waals surface area contributed by atoms with Crippen LogP contribution in [0.1, 0.15) is 38.8 Å². The predicted octanol–water partition coefficient (Wildman–Crippen LogP) is 4.40. The van der Waals surface area contributed by atoms with E-state index in [9.17, 15) is 0 Å². The largest absolute Gasteiger partial charge is 0.325 e. The van der Waals surface area contributed by atoms with E-state index in [2.05, 4.69) is 76.2 Å². The summed E-state index contributed by atoms with van der Waals surface area (Å²) in [6, 6.07) is 17.0. The van der Waals surface area contributed by atoms with Crippen molar-refractivity contribution in [2.24, 2.45) is 11.5 Å². The minimum Gasteiger partial charge on any atom is -0.325 e. The van der Waals surface area contributed by atoms with E-state index in [4.69, 9.17) is 11.5 Å². The second-order valence-corrected chi connectivity index (χ2v) is 8.73. The van der Waals surface area contributed by atoms with Gasteiger partial charge in [0, 0.05) is 20.9 Å². The Morgan fingerprint density at radius 1 is 0.696 bits per heavy atom. The normalized spacial score (nSPS) is 12.4. The molecule has 124 valence electrons. The summed E-state index contributed by atoms with van der Waals surface area (Å²) in [6.45, 7) is 8.28. The van der Waals surface area contributed by atoms with Gasteiger partial charge in [-0.3, -0.25) is 0 Å². The highest BCUT2D eigenvalue weighted by atomic mass is 32.2. The molecule has 0 amide bonds. The highest BCUT2D eigenvalue weighted by Gasteiger charge is 2.17. The third-order valence-electron chi connectivity index (χ3n) is 3.46. The highest BCUT2D eigenvalue weighted by molar-refractivity contribution is 7.99. The zero-order valence-electron chi connectivity index (χ0n) is 14.6. The van der Waals surface area contributed by atoms with Gasteiger partial charge >= 0.3 is 0 Å². The third-order valence-corrected chi connectivity index (χ3v) is 4.69. The Kier molecular flexibility index (Phi) is 5.56. The summed E-state index contributed by atoms with van der Waals surface area (Å²) in [6.07, 6.45) is 1.72. The molecule has 2 nitrogen and oxygen atoms in total. The zero-order chi connectivity index (χ0) is 17.1. The average molecular weight is 329 g/mol. The van der Waals surface area contributed by atoms with Crippen LogP contribution in [0.25, 0.3) is 0 Å². The van der Waals surface area contributed by atoms with Crippen LogP contribution in [0.3, 0.4) is 0 Å². The number of benzene rings is 2. The molecule has 2 aromatic rings. The Morgan fingerprint density at radius 2 is 1.04 bits per heavy atom. The SMILES string of the molecule is CC(C)(N)Cc1ccccc1Sc1ccccc1CC(C)(C)N. The summed E-state index contributed by atoms with van der Waals surface area (Å²) in [4.78, 5) is 2.54. The molecular formula is C20H28N2S. The van der Waals surface area contributed by atoms with E-state index in [-0.39, 0.29) is 11.1 Å². The predicted molar refractivity (Wildman–Crippen MR) is 101 cm³/mol. The Hall–Kier alpha value is -1.29. The van der Waals surface area contributed by atoms with Gasteiger partial charge < -0.3 is 11.5 Å². The Morgan fingerprint density at radius 3 is 1.39 bits per heavy atom. The maximum Gasteiger partial charge on any atom is 0.0155 e. The van der Waals surface area contributed by atoms with E-state index in [0.717, 1.165) is 12.8 Å². The van der Waals surface area contributed by atoms with Gasteiger partial charge in [-0.25, -0.2) is 0 Å². The van der Waals surface area contributed by atoms with E-state index < -0.39 is 0 Å². The molecular weight excluding hydrogens is 300 g/mol. The lowest BCUT2D eigenvalue weighted by Crippen LogP contribution is -2.34. The monoisotopic (exact) mass is 328 g/mol. The molecule has 4 N–H and O–H groups in total. The van der Waals surface area contributed by atoms with Gasteiger partial charge in [0.25, 0.3) is 0 Å². The van der Waals surface area contributed by atoms with Crippen molar-refractivity contribution in [3.63, 3.8) is 0 Å². The number of hydrogen-bond donors (Lipinski definition) is 2. The first kappa shape index (κ1) is 18.1. The minimum absolute atomic E-state index is 0.213. The van der Waals surface area contributed by atoms with Crippen molar-refractivity contribution < 1.29 is 0 Å². The Balaban J connectivity index is 2.30. The van der Waals surface area contributed by atoms with Crippen molar-refractivity contribution in [1.29, 1.82) is 0 Å². The molecule has 0 unspecified atom stereocenters. The molecule has 0 saturated heterocycles. The van der Waals surface area contributed by atoms with Crippen LogP contribution in [0.15, 0.2) is 58.3 Å². The smallest absolute Gasteiger partial charge is 0.0155 e. The van der Waals surface area contributed by atoms with Gasteiger partial charge in [-0.2, -0.15) is 0 Å². The molecule has 3 heteroatoms. The van der Waals surface area contributed by atoms with Crippen LogP contribution in [0.2, 0.25) is 0 Å². The fraction of sp³-hybridized carbons (Fsp3) is 0.400. The minimum atomic E-state index is -0.213. The Bertz CT molecular complexity index is 594. The molecule has 0 aromatic heterocycles. The van der Waals surface area contributed by atoms with Gasteiger partial charge in [0.2, 0.25) is 0 Å².